The van der Waals surface area contributed by atoms with Gasteiger partial charge in [0.1, 0.15) is 0 Å². The normalized spacial score (nSPS) is 7.46. The van der Waals surface area contributed by atoms with Crippen LogP contribution in [0.5, 0.6) is 0 Å². The molecule has 0 spiro atoms. The third kappa shape index (κ3) is 32.2. The summed E-state index contributed by atoms with van der Waals surface area (Å²) in [6, 6.07) is 10.0. The minimum atomic E-state index is -1.92. The van der Waals surface area contributed by atoms with Gasteiger partial charge in [0.2, 0.25) is 0 Å². The zero-order valence-electron chi connectivity index (χ0n) is 7.34. The summed E-state index contributed by atoms with van der Waals surface area (Å²) in [5, 5.41) is 0. The summed E-state index contributed by atoms with van der Waals surface area (Å²) in [6.45, 7) is 3.95. The number of methoxy groups -OCH3 is 1. The Balaban J connectivity index is 0. The predicted molar refractivity (Wildman–Crippen MR) is 56.8 cm³/mol. The van der Waals surface area contributed by atoms with E-state index in [1.165, 1.54) is 0 Å². The van der Waals surface area contributed by atoms with Crippen LogP contribution in [0.4, 0.5) is 0 Å². The van der Waals surface area contributed by atoms with Crippen LogP contribution < -0.4 is 0 Å². The smallest absolute Gasteiger partial charge is 0.172 e. The maximum absolute atomic E-state index is 4.97. The number of hydrogen-bond donors (Lipinski definition) is 0. The van der Waals surface area contributed by atoms with Gasteiger partial charge in [0.15, 0.2) is 0 Å². The van der Waals surface area contributed by atoms with Gasteiger partial charge in [-0.05, 0) is 0 Å². The summed E-state index contributed by atoms with van der Waals surface area (Å²) in [7, 11) is 16.5. The average molecular weight is 278 g/mol. The topological polar surface area (TPSA) is 9.23 Å². The summed E-state index contributed by atoms with van der Waals surface area (Å²) in [4.78, 5) is 0. The van der Waals surface area contributed by atoms with Gasteiger partial charge in [-0.25, -0.2) is 12.1 Å². The van der Waals surface area contributed by atoms with Crippen molar-refractivity contribution in [1.29, 1.82) is 0 Å². The molecule has 1 nitrogen and oxygen atoms in total. The van der Waals surface area contributed by atoms with Gasteiger partial charge in [0, 0.05) is 7.11 Å². The Labute approximate surface area is 97.8 Å². The van der Waals surface area contributed by atoms with Crippen LogP contribution in [0.2, 0.25) is 0 Å². The van der Waals surface area contributed by atoms with Gasteiger partial charge in [-0.1, -0.05) is 6.61 Å². The second-order valence-electron chi connectivity index (χ2n) is 1.67. The molecule has 0 aliphatic carbocycles. The zero-order chi connectivity index (χ0) is 10.5. The van der Waals surface area contributed by atoms with E-state index in [1.54, 1.807) is 7.11 Å². The zero-order valence-corrected chi connectivity index (χ0v) is 11.2. The Bertz CT molecular complexity index is 123. The van der Waals surface area contributed by atoms with Gasteiger partial charge in [0.25, 0.3) is 0 Å². The number of rotatable bonds is 1. The molecule has 13 heavy (non-hydrogen) atoms. The molecule has 0 atom stereocenters. The summed E-state index contributed by atoms with van der Waals surface area (Å²) in [5.41, 5.74) is 0. The fourth-order valence-electron chi connectivity index (χ4n) is 0.321. The van der Waals surface area contributed by atoms with E-state index in [0.29, 0.717) is 6.61 Å². The molecular weight excluding hydrogens is 266 g/mol. The minimum absolute atomic E-state index is 0.569. The van der Waals surface area contributed by atoms with Crippen molar-refractivity contribution < 1.29 is 19.4 Å². The van der Waals surface area contributed by atoms with E-state index >= 15 is 0 Å². The molecule has 0 aliphatic rings. The van der Waals surface area contributed by atoms with Crippen molar-refractivity contribution >= 4 is 27.9 Å². The molecule has 0 amide bonds. The molecule has 1 rings (SSSR count). The quantitative estimate of drug-likeness (QED) is 0.558. The molecule has 0 aliphatic heterocycles. The molecule has 0 heterocycles. The maximum Gasteiger partial charge on any atom is -0.172 e. The molecule has 77 valence electrons. The van der Waals surface area contributed by atoms with Crippen LogP contribution in [0.15, 0.2) is 30.3 Å². The Morgan fingerprint density at radius 2 is 1.62 bits per heavy atom. The molecule has 1 aromatic rings. The van der Waals surface area contributed by atoms with Crippen LogP contribution in [-0.2, 0) is 19.4 Å². The summed E-state index contributed by atoms with van der Waals surface area (Å²) < 4.78 is 4.43. The first kappa shape index (κ1) is 16.3. The molecule has 0 unspecified atom stereocenters. The first-order valence-electron chi connectivity index (χ1n) is 3.43. The molecule has 0 aromatic heterocycles. The van der Waals surface area contributed by atoms with E-state index in [-0.39, 0.29) is 0 Å². The number of ether oxygens (including phenoxy) is 1. The van der Waals surface area contributed by atoms with Crippen molar-refractivity contribution in [2.45, 2.75) is 0 Å². The Hall–Kier alpha value is 0.894. The van der Waals surface area contributed by atoms with E-state index in [9.17, 15) is 0 Å². The summed E-state index contributed by atoms with van der Waals surface area (Å²) >= 11 is -1.92. The van der Waals surface area contributed by atoms with Crippen LogP contribution in [0.1, 0.15) is 0 Å². The van der Waals surface area contributed by atoms with Crippen molar-refractivity contribution in [2.75, 3.05) is 13.7 Å². The fourth-order valence-corrected chi connectivity index (χ4v) is 0.321. The second kappa shape index (κ2) is 15.4. The van der Waals surface area contributed by atoms with Crippen LogP contribution in [0, 0.1) is 6.92 Å². The predicted octanol–water partition coefficient (Wildman–Crippen LogP) is 3.94. The third-order valence-electron chi connectivity index (χ3n) is 0.760. The van der Waals surface area contributed by atoms with E-state index in [4.69, 9.17) is 27.9 Å². The van der Waals surface area contributed by atoms with Crippen molar-refractivity contribution in [2.24, 2.45) is 0 Å². The number of halogens is 3. The van der Waals surface area contributed by atoms with Gasteiger partial charge in [0.05, 0.1) is 0 Å². The summed E-state index contributed by atoms with van der Waals surface area (Å²) in [5.74, 6) is 0. The van der Waals surface area contributed by atoms with E-state index in [1.807, 2.05) is 30.3 Å². The van der Waals surface area contributed by atoms with Crippen LogP contribution >= 0.6 is 27.9 Å². The van der Waals surface area contributed by atoms with Crippen molar-refractivity contribution in [3.63, 3.8) is 0 Å². The van der Waals surface area contributed by atoms with Gasteiger partial charge < -0.3 is 11.7 Å². The number of hydrogen-bond acceptors (Lipinski definition) is 1. The summed E-state index contributed by atoms with van der Waals surface area (Å²) in [6.07, 6.45) is 0. The first-order chi connectivity index (χ1) is 6.15. The van der Waals surface area contributed by atoms with Crippen LogP contribution in [0.25, 0.3) is 0 Å². The molecule has 0 N–H and O–H groups in total. The van der Waals surface area contributed by atoms with Crippen molar-refractivity contribution in [3.05, 3.63) is 37.3 Å². The van der Waals surface area contributed by atoms with Crippen LogP contribution in [0.3, 0.4) is 0 Å². The molecule has 0 radical (unpaired) electrons. The monoisotopic (exact) mass is 277 g/mol. The van der Waals surface area contributed by atoms with Gasteiger partial charge in [-0.3, -0.25) is 0 Å². The molecule has 5 heteroatoms. The maximum atomic E-state index is 4.97. The largest absolute Gasteiger partial charge is 0.214 e. The standard InChI is InChI=1S/C5H5.C3H7O.3ClH.Ti/c1-2-4-5-3-1;1-3-4-2;;;;/h1-5H;1,3H2,2H3;3*1H;/q2*-1;;;;+3/p-3. The molecule has 0 bridgehead atoms. The third-order valence-corrected chi connectivity index (χ3v) is 0.760. The Morgan fingerprint density at radius 1 is 1.31 bits per heavy atom. The molecule has 0 saturated heterocycles. The molecule has 0 saturated carbocycles. The van der Waals surface area contributed by atoms with E-state index in [2.05, 4.69) is 11.7 Å². The molecule has 1 aromatic carbocycles. The van der Waals surface area contributed by atoms with Crippen LogP contribution in [-0.4, -0.2) is 13.7 Å². The van der Waals surface area contributed by atoms with Gasteiger partial charge in [-0.15, -0.1) is 0 Å². The van der Waals surface area contributed by atoms with Crippen molar-refractivity contribution in [3.8, 4) is 0 Å². The Morgan fingerprint density at radius 3 is 1.69 bits per heavy atom. The van der Waals surface area contributed by atoms with Gasteiger partial charge in [-0.2, -0.15) is 18.2 Å². The van der Waals surface area contributed by atoms with Gasteiger partial charge >= 0.3 is 42.6 Å². The van der Waals surface area contributed by atoms with Crippen molar-refractivity contribution in [1.82, 2.24) is 0 Å². The SMILES string of the molecule is [CH2-]COC.[Cl][Ti]([Cl])[Cl].c1cc[cH-]c1. The van der Waals surface area contributed by atoms with E-state index < -0.39 is 14.7 Å². The average Bonchev–Trinajstić information content (AvgIpc) is 2.59. The Kier molecular flexibility index (Phi) is 19.3. The molecular formula is C8H12Cl3OTi-2. The first-order valence-corrected chi connectivity index (χ1v) is 9.88. The molecule has 0 fully saturated rings. The van der Waals surface area contributed by atoms with E-state index in [0.717, 1.165) is 0 Å². The minimum Gasteiger partial charge on any atom is -0.214 e. The fraction of sp³-hybridized carbons (Fsp3) is 0.250. The second-order valence-corrected chi connectivity index (χ2v) is 9.41.